The van der Waals surface area contributed by atoms with Crippen LogP contribution in [0.2, 0.25) is 0 Å². The zero-order chi connectivity index (χ0) is 11.7. The Morgan fingerprint density at radius 2 is 2.07 bits per heavy atom. The number of ketones is 1. The van der Waals surface area contributed by atoms with Crippen molar-refractivity contribution < 1.29 is 4.79 Å². The summed E-state index contributed by atoms with van der Waals surface area (Å²) in [7, 11) is 3.81. The van der Waals surface area contributed by atoms with Crippen molar-refractivity contribution in [3.63, 3.8) is 0 Å². The predicted molar refractivity (Wildman–Crippen MR) is 72.3 cm³/mol. The second-order valence-corrected chi connectivity index (χ2v) is 4.84. The van der Waals surface area contributed by atoms with E-state index >= 15 is 0 Å². The first-order chi connectivity index (χ1) is 7.07. The maximum atomic E-state index is 11.3. The second kappa shape index (κ2) is 8.68. The lowest BCUT2D eigenvalue weighted by atomic mass is 10.3. The number of nitrogens with zero attached hydrogens (tertiary/aromatic N) is 1. The summed E-state index contributed by atoms with van der Waals surface area (Å²) in [6.45, 7) is 1.92. The molecule has 0 amide bonds. The summed E-state index contributed by atoms with van der Waals surface area (Å²) in [5.74, 6) is 0.887. The van der Waals surface area contributed by atoms with Gasteiger partial charge in [0.05, 0.1) is 0 Å². The lowest BCUT2D eigenvalue weighted by Crippen LogP contribution is -2.16. The minimum atomic E-state index is 0.141. The minimum Gasteiger partial charge on any atom is -0.364 e. The van der Waals surface area contributed by atoms with E-state index < -0.39 is 0 Å². The van der Waals surface area contributed by atoms with Gasteiger partial charge in [-0.3, -0.25) is 4.79 Å². The van der Waals surface area contributed by atoms with E-state index in [0.717, 1.165) is 10.1 Å². The third kappa shape index (κ3) is 8.39. The first-order valence-electron chi connectivity index (χ1n) is 4.74. The van der Waals surface area contributed by atoms with Gasteiger partial charge in [-0.1, -0.05) is 42.2 Å². The van der Waals surface area contributed by atoms with Crippen molar-refractivity contribution in [3.8, 4) is 0 Å². The molecule has 0 radical (unpaired) electrons. The molecule has 0 spiro atoms. The van der Waals surface area contributed by atoms with Gasteiger partial charge < -0.3 is 4.90 Å². The normalized spacial score (nSPS) is 11.1. The molecule has 4 heteroatoms. The Morgan fingerprint density at radius 3 is 2.60 bits per heavy atom. The molecule has 0 N–H and O–H groups in total. The molecule has 0 unspecified atom stereocenters. The Morgan fingerprint density at radius 1 is 1.40 bits per heavy atom. The molecule has 2 nitrogen and oxygen atoms in total. The van der Waals surface area contributed by atoms with Gasteiger partial charge >= 0.3 is 0 Å². The number of hydrogen-bond donors (Lipinski definition) is 0. The Bertz CT molecular complexity index is 270. The average Bonchev–Trinajstić information content (AvgIpc) is 2.18. The van der Waals surface area contributed by atoms with Crippen molar-refractivity contribution in [1.29, 1.82) is 0 Å². The molecular weight excluding hydrogens is 226 g/mol. The van der Waals surface area contributed by atoms with E-state index in [-0.39, 0.29) is 5.78 Å². The second-order valence-electron chi connectivity index (χ2n) is 3.11. The highest BCUT2D eigenvalue weighted by molar-refractivity contribution is 8.22. The predicted octanol–water partition coefficient (Wildman–Crippen LogP) is 2.66. The molecule has 84 valence electrons. The van der Waals surface area contributed by atoms with E-state index in [1.165, 1.54) is 11.8 Å². The van der Waals surface area contributed by atoms with Crippen molar-refractivity contribution in [3.05, 3.63) is 24.3 Å². The minimum absolute atomic E-state index is 0.141. The summed E-state index contributed by atoms with van der Waals surface area (Å²) in [5.41, 5.74) is 0. The monoisotopic (exact) mass is 243 g/mol. The van der Waals surface area contributed by atoms with Crippen LogP contribution in [0.5, 0.6) is 0 Å². The molecule has 0 atom stereocenters. The third-order valence-electron chi connectivity index (χ3n) is 1.52. The number of carbonyl (C=O) groups is 1. The molecule has 15 heavy (non-hydrogen) atoms. The topological polar surface area (TPSA) is 20.3 Å². The SMILES string of the molecule is CC=CC=CC(=O)CCSC(=S)N(C)C. The zero-order valence-corrected chi connectivity index (χ0v) is 11.0. The summed E-state index contributed by atoms with van der Waals surface area (Å²) in [6.07, 6.45) is 7.62. The lowest BCUT2D eigenvalue weighted by Gasteiger charge is -2.11. The van der Waals surface area contributed by atoms with E-state index in [9.17, 15) is 4.79 Å². The van der Waals surface area contributed by atoms with Crippen molar-refractivity contribution >= 4 is 34.1 Å². The van der Waals surface area contributed by atoms with E-state index in [0.29, 0.717) is 6.42 Å². The smallest absolute Gasteiger partial charge is 0.156 e. The van der Waals surface area contributed by atoms with Gasteiger partial charge in [0, 0.05) is 26.3 Å². The molecule has 0 heterocycles. The van der Waals surface area contributed by atoms with Crippen molar-refractivity contribution in [2.45, 2.75) is 13.3 Å². The van der Waals surface area contributed by atoms with Gasteiger partial charge in [0.1, 0.15) is 4.32 Å². The van der Waals surface area contributed by atoms with Crippen LogP contribution in [0.3, 0.4) is 0 Å². The molecule has 0 bridgehead atoms. The molecule has 0 aromatic rings. The highest BCUT2D eigenvalue weighted by Crippen LogP contribution is 2.08. The van der Waals surface area contributed by atoms with Crippen molar-refractivity contribution in [1.82, 2.24) is 4.90 Å². The molecule has 0 saturated carbocycles. The Labute approximate surface area is 101 Å². The molecule has 0 aromatic heterocycles. The average molecular weight is 243 g/mol. The van der Waals surface area contributed by atoms with E-state index in [2.05, 4.69) is 0 Å². The van der Waals surface area contributed by atoms with Crippen LogP contribution in [0.15, 0.2) is 24.3 Å². The summed E-state index contributed by atoms with van der Waals surface area (Å²) in [4.78, 5) is 13.2. The number of hydrogen-bond acceptors (Lipinski definition) is 3. The van der Waals surface area contributed by atoms with Crippen LogP contribution in [-0.2, 0) is 4.79 Å². The summed E-state index contributed by atoms with van der Waals surface area (Å²) < 4.78 is 0.820. The van der Waals surface area contributed by atoms with Gasteiger partial charge in [-0.25, -0.2) is 0 Å². The van der Waals surface area contributed by atoms with E-state index in [1.54, 1.807) is 12.2 Å². The fraction of sp³-hybridized carbons (Fsp3) is 0.455. The van der Waals surface area contributed by atoms with Crippen LogP contribution in [0.1, 0.15) is 13.3 Å². The first kappa shape index (κ1) is 14.4. The van der Waals surface area contributed by atoms with Gasteiger partial charge in [0.15, 0.2) is 5.78 Å². The zero-order valence-electron chi connectivity index (χ0n) is 9.40. The molecule has 0 saturated heterocycles. The van der Waals surface area contributed by atoms with Gasteiger partial charge in [-0.2, -0.15) is 0 Å². The van der Waals surface area contributed by atoms with Crippen LogP contribution in [0.25, 0.3) is 0 Å². The van der Waals surface area contributed by atoms with Gasteiger partial charge in [0.25, 0.3) is 0 Å². The van der Waals surface area contributed by atoms with Gasteiger partial charge in [0.2, 0.25) is 0 Å². The maximum Gasteiger partial charge on any atom is 0.156 e. The van der Waals surface area contributed by atoms with E-state index in [4.69, 9.17) is 12.2 Å². The summed E-state index contributed by atoms with van der Waals surface area (Å²) in [6, 6.07) is 0. The third-order valence-corrected chi connectivity index (χ3v) is 3.26. The Balaban J connectivity index is 3.68. The number of thioether (sulfide) groups is 1. The van der Waals surface area contributed by atoms with Crippen LogP contribution in [0.4, 0.5) is 0 Å². The highest BCUT2D eigenvalue weighted by atomic mass is 32.2. The quantitative estimate of drug-likeness (QED) is 0.420. The van der Waals surface area contributed by atoms with E-state index in [1.807, 2.05) is 38.1 Å². The number of thiocarbonyl (C=S) groups is 1. The van der Waals surface area contributed by atoms with Crippen LogP contribution in [-0.4, -0.2) is 34.9 Å². The van der Waals surface area contributed by atoms with Crippen molar-refractivity contribution in [2.24, 2.45) is 0 Å². The summed E-state index contributed by atoms with van der Waals surface area (Å²) >= 11 is 6.62. The molecule has 0 aliphatic heterocycles. The fourth-order valence-corrected chi connectivity index (χ4v) is 1.71. The standard InChI is InChI=1S/C11H17NOS2/c1-4-5-6-7-10(13)8-9-15-11(14)12(2)3/h4-7H,8-9H2,1-3H3. The first-order valence-corrected chi connectivity index (χ1v) is 6.13. The molecule has 0 aliphatic carbocycles. The highest BCUT2D eigenvalue weighted by Gasteiger charge is 2.01. The maximum absolute atomic E-state index is 11.3. The molecule has 0 aromatic carbocycles. The number of rotatable bonds is 5. The van der Waals surface area contributed by atoms with Gasteiger partial charge in [-0.15, -0.1) is 0 Å². The fourth-order valence-electron chi connectivity index (χ4n) is 0.725. The molecule has 0 fully saturated rings. The number of allylic oxidation sites excluding steroid dienone is 4. The summed E-state index contributed by atoms with van der Waals surface area (Å²) in [5, 5.41) is 0. The van der Waals surface area contributed by atoms with Crippen LogP contribution in [0, 0.1) is 0 Å². The molecule has 0 aliphatic rings. The Hall–Kier alpha value is -0.610. The number of carbonyl (C=O) groups excluding carboxylic acids is 1. The van der Waals surface area contributed by atoms with Gasteiger partial charge in [-0.05, 0) is 13.0 Å². The molecule has 0 rings (SSSR count). The van der Waals surface area contributed by atoms with Crippen molar-refractivity contribution in [2.75, 3.05) is 19.8 Å². The largest absolute Gasteiger partial charge is 0.364 e. The van der Waals surface area contributed by atoms with Crippen LogP contribution < -0.4 is 0 Å². The Kier molecular flexibility index (Phi) is 8.33. The molecular formula is C11H17NOS2. The lowest BCUT2D eigenvalue weighted by molar-refractivity contribution is -0.114. The van der Waals surface area contributed by atoms with Crippen LogP contribution >= 0.6 is 24.0 Å².